The largest absolute Gasteiger partial charge is 0.352 e. The Morgan fingerprint density at radius 3 is 2.36 bits per heavy atom. The summed E-state index contributed by atoms with van der Waals surface area (Å²) in [6.45, 7) is 1.66. The normalized spacial score (nSPS) is 20.2. The summed E-state index contributed by atoms with van der Waals surface area (Å²) in [5.41, 5.74) is 7.32. The van der Waals surface area contributed by atoms with Gasteiger partial charge in [0.2, 0.25) is 5.91 Å². The van der Waals surface area contributed by atoms with Crippen molar-refractivity contribution >= 4 is 11.8 Å². The van der Waals surface area contributed by atoms with Gasteiger partial charge in [-0.3, -0.25) is 14.6 Å². The molecule has 2 amide bonds. The number of amides is 2. The highest BCUT2D eigenvalue weighted by atomic mass is 19.1. The SMILES string of the molecule is C[C@@H](N)C(=O)N[C@H]1CC[C@H](NC(=O)c2ccc(-c3cccc(F)c3)nc2)CC1. The van der Waals surface area contributed by atoms with Crippen LogP contribution in [0.3, 0.4) is 0 Å². The zero-order valence-corrected chi connectivity index (χ0v) is 15.8. The number of carbonyl (C=O) groups is 2. The number of nitrogens with two attached hydrogens (primary N) is 1. The molecule has 148 valence electrons. The predicted octanol–water partition coefficient (Wildman–Crippen LogP) is 2.39. The fourth-order valence-electron chi connectivity index (χ4n) is 3.33. The van der Waals surface area contributed by atoms with Gasteiger partial charge in [-0.05, 0) is 56.9 Å². The summed E-state index contributed by atoms with van der Waals surface area (Å²) >= 11 is 0. The standard InChI is InChI=1S/C21H25FN4O2/c1-13(23)20(27)25-17-6-8-18(9-7-17)26-21(28)15-5-10-19(24-12-15)14-3-2-4-16(22)11-14/h2-5,10-13,17-18H,6-9,23H2,1H3,(H,25,27)(H,26,28)/t13-,17-,18-/m1/s1. The van der Waals surface area contributed by atoms with E-state index >= 15 is 0 Å². The molecule has 1 aromatic heterocycles. The summed E-state index contributed by atoms with van der Waals surface area (Å²) in [6, 6.07) is 9.25. The Morgan fingerprint density at radius 1 is 1.11 bits per heavy atom. The molecule has 1 aliphatic carbocycles. The van der Waals surface area contributed by atoms with Gasteiger partial charge in [-0.1, -0.05) is 12.1 Å². The highest BCUT2D eigenvalue weighted by Crippen LogP contribution is 2.20. The first-order valence-electron chi connectivity index (χ1n) is 9.51. The number of benzene rings is 1. The van der Waals surface area contributed by atoms with E-state index < -0.39 is 6.04 Å². The van der Waals surface area contributed by atoms with Gasteiger partial charge in [-0.15, -0.1) is 0 Å². The highest BCUT2D eigenvalue weighted by molar-refractivity contribution is 5.94. The molecule has 0 radical (unpaired) electrons. The number of pyridine rings is 1. The van der Waals surface area contributed by atoms with E-state index in [9.17, 15) is 14.0 Å². The lowest BCUT2D eigenvalue weighted by molar-refractivity contribution is -0.122. The van der Waals surface area contributed by atoms with Crippen molar-refractivity contribution in [3.63, 3.8) is 0 Å². The van der Waals surface area contributed by atoms with Crippen LogP contribution in [0.1, 0.15) is 43.0 Å². The van der Waals surface area contributed by atoms with Gasteiger partial charge in [0.05, 0.1) is 17.3 Å². The number of nitrogens with one attached hydrogen (secondary N) is 2. The maximum absolute atomic E-state index is 13.3. The van der Waals surface area contributed by atoms with E-state index in [0.717, 1.165) is 25.7 Å². The van der Waals surface area contributed by atoms with Crippen LogP contribution in [0.5, 0.6) is 0 Å². The molecule has 1 saturated carbocycles. The molecule has 0 bridgehead atoms. The minimum atomic E-state index is -0.514. The molecule has 3 rings (SSSR count). The smallest absolute Gasteiger partial charge is 0.253 e. The van der Waals surface area contributed by atoms with E-state index in [1.54, 1.807) is 31.2 Å². The lowest BCUT2D eigenvalue weighted by Gasteiger charge is -2.30. The molecular formula is C21H25FN4O2. The van der Waals surface area contributed by atoms with Crippen LogP contribution in [0.2, 0.25) is 0 Å². The van der Waals surface area contributed by atoms with Crippen molar-refractivity contribution in [1.82, 2.24) is 15.6 Å². The van der Waals surface area contributed by atoms with E-state index in [2.05, 4.69) is 15.6 Å². The van der Waals surface area contributed by atoms with Crippen LogP contribution in [0.25, 0.3) is 11.3 Å². The van der Waals surface area contributed by atoms with Crippen molar-refractivity contribution in [2.75, 3.05) is 0 Å². The van der Waals surface area contributed by atoms with E-state index in [1.807, 2.05) is 0 Å². The first-order chi connectivity index (χ1) is 13.4. The molecule has 6 nitrogen and oxygen atoms in total. The van der Waals surface area contributed by atoms with Gasteiger partial charge in [0.1, 0.15) is 5.82 Å². The number of hydrogen-bond acceptors (Lipinski definition) is 4. The number of carbonyl (C=O) groups excluding carboxylic acids is 2. The van der Waals surface area contributed by atoms with Gasteiger partial charge in [0, 0.05) is 23.8 Å². The molecule has 1 aliphatic rings. The molecule has 2 aromatic rings. The Morgan fingerprint density at radius 2 is 1.79 bits per heavy atom. The summed E-state index contributed by atoms with van der Waals surface area (Å²) in [5, 5.41) is 5.96. The maximum Gasteiger partial charge on any atom is 0.253 e. The Kier molecular flexibility index (Phi) is 6.36. The van der Waals surface area contributed by atoms with Gasteiger partial charge in [0.15, 0.2) is 0 Å². The second kappa shape index (κ2) is 8.93. The monoisotopic (exact) mass is 384 g/mol. The van der Waals surface area contributed by atoms with E-state index in [4.69, 9.17) is 5.73 Å². The van der Waals surface area contributed by atoms with Crippen molar-refractivity contribution in [2.45, 2.75) is 50.7 Å². The first-order valence-corrected chi connectivity index (χ1v) is 9.51. The van der Waals surface area contributed by atoms with E-state index in [1.165, 1.54) is 18.3 Å². The number of aromatic nitrogens is 1. The summed E-state index contributed by atoms with van der Waals surface area (Å²) in [5.74, 6) is -0.646. The van der Waals surface area contributed by atoms with Crippen LogP contribution >= 0.6 is 0 Å². The van der Waals surface area contributed by atoms with Crippen LogP contribution in [-0.4, -0.2) is 34.9 Å². The molecule has 0 spiro atoms. The number of hydrogen-bond donors (Lipinski definition) is 3. The average Bonchev–Trinajstić information content (AvgIpc) is 2.69. The van der Waals surface area contributed by atoms with Gasteiger partial charge in [-0.2, -0.15) is 0 Å². The molecule has 1 heterocycles. The van der Waals surface area contributed by atoms with Crippen molar-refractivity contribution in [3.05, 3.63) is 54.0 Å². The molecule has 0 aliphatic heterocycles. The number of nitrogens with zero attached hydrogens (tertiary/aromatic N) is 1. The molecule has 4 N–H and O–H groups in total. The third-order valence-corrected chi connectivity index (χ3v) is 4.97. The van der Waals surface area contributed by atoms with Crippen molar-refractivity contribution in [2.24, 2.45) is 5.73 Å². The third-order valence-electron chi connectivity index (χ3n) is 4.97. The Bertz CT molecular complexity index is 831. The molecule has 1 aromatic carbocycles. The predicted molar refractivity (Wildman–Crippen MR) is 105 cm³/mol. The van der Waals surface area contributed by atoms with Gasteiger partial charge in [-0.25, -0.2) is 4.39 Å². The number of rotatable bonds is 5. The van der Waals surface area contributed by atoms with Gasteiger partial charge < -0.3 is 16.4 Å². The molecule has 0 saturated heterocycles. The van der Waals surface area contributed by atoms with Crippen LogP contribution < -0.4 is 16.4 Å². The fourth-order valence-corrected chi connectivity index (χ4v) is 3.33. The lowest BCUT2D eigenvalue weighted by Crippen LogP contribution is -2.47. The summed E-state index contributed by atoms with van der Waals surface area (Å²) in [7, 11) is 0. The topological polar surface area (TPSA) is 97.1 Å². The number of halogens is 1. The third kappa shape index (κ3) is 5.13. The van der Waals surface area contributed by atoms with Crippen molar-refractivity contribution in [1.29, 1.82) is 0 Å². The molecule has 28 heavy (non-hydrogen) atoms. The van der Waals surface area contributed by atoms with E-state index in [0.29, 0.717) is 16.8 Å². The quantitative estimate of drug-likeness (QED) is 0.737. The fraction of sp³-hybridized carbons (Fsp3) is 0.381. The summed E-state index contributed by atoms with van der Waals surface area (Å²) in [4.78, 5) is 28.4. The maximum atomic E-state index is 13.3. The summed E-state index contributed by atoms with van der Waals surface area (Å²) in [6.07, 6.45) is 4.71. The van der Waals surface area contributed by atoms with Crippen molar-refractivity contribution < 1.29 is 14.0 Å². The Labute approximate surface area is 163 Å². The Hall–Kier alpha value is -2.80. The van der Waals surface area contributed by atoms with Crippen LogP contribution in [-0.2, 0) is 4.79 Å². The molecule has 1 fully saturated rings. The zero-order chi connectivity index (χ0) is 20.1. The minimum absolute atomic E-state index is 0.0684. The van der Waals surface area contributed by atoms with Crippen LogP contribution in [0, 0.1) is 5.82 Å². The van der Waals surface area contributed by atoms with E-state index in [-0.39, 0.29) is 29.7 Å². The lowest BCUT2D eigenvalue weighted by atomic mass is 9.91. The Balaban J connectivity index is 1.52. The molecular weight excluding hydrogens is 359 g/mol. The molecule has 0 unspecified atom stereocenters. The first kappa shape index (κ1) is 19.9. The minimum Gasteiger partial charge on any atom is -0.352 e. The average molecular weight is 384 g/mol. The van der Waals surface area contributed by atoms with Crippen LogP contribution in [0.15, 0.2) is 42.6 Å². The zero-order valence-electron chi connectivity index (χ0n) is 15.8. The van der Waals surface area contributed by atoms with Gasteiger partial charge >= 0.3 is 0 Å². The molecule has 1 atom stereocenters. The second-order valence-electron chi connectivity index (χ2n) is 7.26. The van der Waals surface area contributed by atoms with Crippen LogP contribution in [0.4, 0.5) is 4.39 Å². The van der Waals surface area contributed by atoms with Crippen molar-refractivity contribution in [3.8, 4) is 11.3 Å². The van der Waals surface area contributed by atoms with Gasteiger partial charge in [0.25, 0.3) is 5.91 Å². The second-order valence-corrected chi connectivity index (χ2v) is 7.26. The summed E-state index contributed by atoms with van der Waals surface area (Å²) < 4.78 is 13.3. The molecule has 7 heteroatoms. The highest BCUT2D eigenvalue weighted by Gasteiger charge is 2.24.